The van der Waals surface area contributed by atoms with Crippen LogP contribution in [0.15, 0.2) is 30.6 Å². The van der Waals surface area contributed by atoms with E-state index in [9.17, 15) is 4.79 Å². The molecule has 0 saturated heterocycles. The number of anilines is 1. The van der Waals surface area contributed by atoms with Crippen molar-refractivity contribution >= 4 is 11.9 Å². The Kier molecular flexibility index (Phi) is 4.60. The fraction of sp³-hybridized carbons (Fsp3) is 0.286. The van der Waals surface area contributed by atoms with Crippen LogP contribution < -0.4 is 5.32 Å². The van der Waals surface area contributed by atoms with Crippen LogP contribution in [0.4, 0.5) is 5.95 Å². The fourth-order valence-electron chi connectivity index (χ4n) is 1.63. The van der Waals surface area contributed by atoms with Gasteiger partial charge in [0.1, 0.15) is 0 Å². The first-order valence-corrected chi connectivity index (χ1v) is 6.35. The Bertz CT molecular complexity index is 587. The average molecular weight is 272 g/mol. The monoisotopic (exact) mass is 272 g/mol. The smallest absolute Gasteiger partial charge is 0.341 e. The summed E-state index contributed by atoms with van der Waals surface area (Å²) < 4.78 is 4.93. The Morgan fingerprint density at radius 3 is 2.85 bits per heavy atom. The van der Waals surface area contributed by atoms with E-state index in [4.69, 9.17) is 4.74 Å². The van der Waals surface area contributed by atoms with Crippen molar-refractivity contribution < 1.29 is 9.53 Å². The van der Waals surface area contributed by atoms with Crippen molar-refractivity contribution in [3.05, 3.63) is 47.5 Å². The molecule has 2 aromatic heterocycles. The zero-order chi connectivity index (χ0) is 14.4. The van der Waals surface area contributed by atoms with Gasteiger partial charge in [0.05, 0.1) is 30.1 Å². The van der Waals surface area contributed by atoms with Crippen molar-refractivity contribution in [1.29, 1.82) is 0 Å². The van der Waals surface area contributed by atoms with Gasteiger partial charge < -0.3 is 10.1 Å². The van der Waals surface area contributed by atoms with Crippen molar-refractivity contribution in [2.24, 2.45) is 0 Å². The van der Waals surface area contributed by atoms with Crippen molar-refractivity contribution in [3.63, 3.8) is 0 Å². The van der Waals surface area contributed by atoms with Crippen molar-refractivity contribution in [2.75, 3.05) is 11.9 Å². The Balaban J connectivity index is 2.04. The average Bonchev–Trinajstić information content (AvgIpc) is 2.46. The standard InChI is InChI=1S/C14H16N4O2/c1-3-20-13(19)12-9-17-14(18-10(12)2)16-8-11-6-4-5-7-15-11/h4-7,9H,3,8H2,1-2H3,(H,16,17,18). The van der Waals surface area contributed by atoms with E-state index < -0.39 is 5.97 Å². The van der Waals surface area contributed by atoms with E-state index in [0.29, 0.717) is 30.4 Å². The summed E-state index contributed by atoms with van der Waals surface area (Å²) in [5.74, 6) is 0.0578. The summed E-state index contributed by atoms with van der Waals surface area (Å²) in [6.45, 7) is 4.37. The summed E-state index contributed by atoms with van der Waals surface area (Å²) in [7, 11) is 0. The maximum Gasteiger partial charge on any atom is 0.341 e. The van der Waals surface area contributed by atoms with Crippen LogP contribution in [0.5, 0.6) is 0 Å². The number of nitrogens with one attached hydrogen (secondary N) is 1. The molecule has 1 N–H and O–H groups in total. The van der Waals surface area contributed by atoms with Crippen LogP contribution in [0.1, 0.15) is 28.7 Å². The number of esters is 1. The molecule has 0 bridgehead atoms. The van der Waals surface area contributed by atoms with Crippen molar-refractivity contribution in [3.8, 4) is 0 Å². The molecule has 0 atom stereocenters. The van der Waals surface area contributed by atoms with Gasteiger partial charge in [-0.15, -0.1) is 0 Å². The number of pyridine rings is 1. The van der Waals surface area contributed by atoms with Gasteiger partial charge in [-0.3, -0.25) is 4.98 Å². The SMILES string of the molecule is CCOC(=O)c1cnc(NCc2ccccn2)nc1C. The predicted octanol–water partition coefficient (Wildman–Crippen LogP) is 1.97. The van der Waals surface area contributed by atoms with E-state index in [1.807, 2.05) is 18.2 Å². The van der Waals surface area contributed by atoms with Crippen LogP contribution in [0, 0.1) is 6.92 Å². The number of hydrogen-bond donors (Lipinski definition) is 1. The molecule has 0 radical (unpaired) electrons. The van der Waals surface area contributed by atoms with E-state index in [0.717, 1.165) is 5.69 Å². The van der Waals surface area contributed by atoms with E-state index >= 15 is 0 Å². The van der Waals surface area contributed by atoms with Crippen LogP contribution in [0.25, 0.3) is 0 Å². The molecule has 2 heterocycles. The maximum atomic E-state index is 11.6. The van der Waals surface area contributed by atoms with Gasteiger partial charge in [-0.25, -0.2) is 14.8 Å². The molecule has 20 heavy (non-hydrogen) atoms. The molecule has 0 saturated carbocycles. The van der Waals surface area contributed by atoms with Crippen LogP contribution in [0.2, 0.25) is 0 Å². The lowest BCUT2D eigenvalue weighted by atomic mass is 10.2. The number of aromatic nitrogens is 3. The van der Waals surface area contributed by atoms with Crippen molar-refractivity contribution in [2.45, 2.75) is 20.4 Å². The van der Waals surface area contributed by atoms with Gasteiger partial charge in [0.15, 0.2) is 0 Å². The summed E-state index contributed by atoms with van der Waals surface area (Å²) in [4.78, 5) is 24.2. The fourth-order valence-corrected chi connectivity index (χ4v) is 1.63. The number of ether oxygens (including phenoxy) is 1. The van der Waals surface area contributed by atoms with E-state index in [-0.39, 0.29) is 0 Å². The van der Waals surface area contributed by atoms with E-state index in [1.54, 1.807) is 20.0 Å². The Morgan fingerprint density at radius 1 is 1.35 bits per heavy atom. The second-order valence-electron chi connectivity index (χ2n) is 4.09. The van der Waals surface area contributed by atoms with Crippen LogP contribution in [-0.4, -0.2) is 27.5 Å². The van der Waals surface area contributed by atoms with Crippen LogP contribution in [0.3, 0.4) is 0 Å². The first-order chi connectivity index (χ1) is 9.70. The van der Waals surface area contributed by atoms with Crippen molar-refractivity contribution in [1.82, 2.24) is 15.0 Å². The maximum absolute atomic E-state index is 11.6. The number of carbonyl (C=O) groups excluding carboxylic acids is 1. The lowest BCUT2D eigenvalue weighted by Gasteiger charge is -2.07. The number of carbonyl (C=O) groups is 1. The topological polar surface area (TPSA) is 77.0 Å². The highest BCUT2D eigenvalue weighted by molar-refractivity contribution is 5.90. The van der Waals surface area contributed by atoms with Gasteiger partial charge in [-0.05, 0) is 26.0 Å². The Morgan fingerprint density at radius 2 is 2.20 bits per heavy atom. The minimum atomic E-state index is -0.402. The molecule has 0 spiro atoms. The second-order valence-corrected chi connectivity index (χ2v) is 4.09. The predicted molar refractivity (Wildman–Crippen MR) is 74.3 cm³/mol. The van der Waals surface area contributed by atoms with Gasteiger partial charge in [0, 0.05) is 12.4 Å². The highest BCUT2D eigenvalue weighted by Gasteiger charge is 2.12. The number of aryl methyl sites for hydroxylation is 1. The first-order valence-electron chi connectivity index (χ1n) is 6.35. The van der Waals surface area contributed by atoms with E-state index in [2.05, 4.69) is 20.3 Å². The quantitative estimate of drug-likeness (QED) is 0.838. The minimum absolute atomic E-state index is 0.331. The third kappa shape index (κ3) is 3.50. The molecule has 104 valence electrons. The molecule has 2 aromatic rings. The third-order valence-electron chi connectivity index (χ3n) is 2.63. The molecule has 2 rings (SSSR count). The summed E-state index contributed by atoms with van der Waals surface area (Å²) in [6, 6.07) is 5.69. The zero-order valence-electron chi connectivity index (χ0n) is 11.5. The van der Waals surface area contributed by atoms with Gasteiger partial charge >= 0.3 is 5.97 Å². The third-order valence-corrected chi connectivity index (χ3v) is 2.63. The van der Waals surface area contributed by atoms with Gasteiger partial charge in [-0.1, -0.05) is 6.07 Å². The summed E-state index contributed by atoms with van der Waals surface area (Å²) in [5.41, 5.74) is 1.86. The number of nitrogens with zero attached hydrogens (tertiary/aromatic N) is 3. The molecule has 0 amide bonds. The lowest BCUT2D eigenvalue weighted by molar-refractivity contribution is 0.0524. The summed E-state index contributed by atoms with van der Waals surface area (Å²) in [6.07, 6.45) is 3.20. The molecule has 6 nitrogen and oxygen atoms in total. The highest BCUT2D eigenvalue weighted by atomic mass is 16.5. The van der Waals surface area contributed by atoms with Crippen LogP contribution in [-0.2, 0) is 11.3 Å². The Labute approximate surface area is 117 Å². The first kappa shape index (κ1) is 13.9. The molecule has 0 aliphatic rings. The van der Waals surface area contributed by atoms with Gasteiger partial charge in [-0.2, -0.15) is 0 Å². The molecule has 0 unspecified atom stereocenters. The molecular weight excluding hydrogens is 256 g/mol. The molecule has 0 fully saturated rings. The second kappa shape index (κ2) is 6.60. The molecular formula is C14H16N4O2. The largest absolute Gasteiger partial charge is 0.462 e. The highest BCUT2D eigenvalue weighted by Crippen LogP contribution is 2.09. The zero-order valence-corrected chi connectivity index (χ0v) is 11.5. The number of rotatable bonds is 5. The Hall–Kier alpha value is -2.50. The van der Waals surface area contributed by atoms with Gasteiger partial charge in [0.25, 0.3) is 0 Å². The normalized spacial score (nSPS) is 10.1. The van der Waals surface area contributed by atoms with Crippen LogP contribution >= 0.6 is 0 Å². The van der Waals surface area contributed by atoms with E-state index in [1.165, 1.54) is 6.20 Å². The molecule has 0 aliphatic heterocycles. The van der Waals surface area contributed by atoms with Gasteiger partial charge in [0.2, 0.25) is 5.95 Å². The number of hydrogen-bond acceptors (Lipinski definition) is 6. The molecule has 6 heteroatoms. The molecule has 0 aliphatic carbocycles. The summed E-state index contributed by atoms with van der Waals surface area (Å²) >= 11 is 0. The molecule has 0 aromatic carbocycles. The minimum Gasteiger partial charge on any atom is -0.462 e. The lowest BCUT2D eigenvalue weighted by Crippen LogP contribution is -2.11. The summed E-state index contributed by atoms with van der Waals surface area (Å²) in [5, 5.41) is 3.06.